The molecule has 126 valence electrons. The van der Waals surface area contributed by atoms with Gasteiger partial charge in [-0.05, 0) is 31.7 Å². The molecule has 0 spiro atoms. The second kappa shape index (κ2) is 6.22. The molecule has 4 rings (SSSR count). The van der Waals surface area contributed by atoms with Gasteiger partial charge in [-0.25, -0.2) is 19.9 Å². The van der Waals surface area contributed by atoms with E-state index in [4.69, 9.17) is 4.74 Å². The van der Waals surface area contributed by atoms with Gasteiger partial charge in [0.05, 0.1) is 25.5 Å². The van der Waals surface area contributed by atoms with E-state index in [-0.39, 0.29) is 0 Å². The number of hydrogen-bond donors (Lipinski definition) is 0. The molecule has 0 aliphatic carbocycles. The monoisotopic (exact) mass is 326 g/mol. The van der Waals surface area contributed by atoms with Crippen LogP contribution < -0.4 is 14.5 Å². The smallest absolute Gasteiger partial charge is 0.225 e. The first-order valence-electron chi connectivity index (χ1n) is 8.42. The van der Waals surface area contributed by atoms with Crippen LogP contribution in [0.5, 0.6) is 5.75 Å². The molecule has 0 N–H and O–H groups in total. The van der Waals surface area contributed by atoms with Crippen molar-refractivity contribution in [2.45, 2.75) is 25.8 Å². The van der Waals surface area contributed by atoms with Crippen molar-refractivity contribution in [1.82, 2.24) is 19.9 Å². The molecule has 24 heavy (non-hydrogen) atoms. The summed E-state index contributed by atoms with van der Waals surface area (Å²) in [7, 11) is 1.63. The molecule has 2 aromatic rings. The third-order valence-corrected chi connectivity index (χ3v) is 5.05. The van der Waals surface area contributed by atoms with E-state index in [1.165, 1.54) is 12.8 Å². The molecule has 7 heteroatoms. The normalized spacial score (nSPS) is 23.2. The summed E-state index contributed by atoms with van der Waals surface area (Å²) in [6.07, 6.45) is 7.70. The molecule has 0 bridgehead atoms. The van der Waals surface area contributed by atoms with Crippen molar-refractivity contribution in [3.63, 3.8) is 0 Å². The van der Waals surface area contributed by atoms with Gasteiger partial charge in [0, 0.05) is 25.8 Å². The Morgan fingerprint density at radius 1 is 1.12 bits per heavy atom. The zero-order chi connectivity index (χ0) is 16.5. The van der Waals surface area contributed by atoms with Crippen molar-refractivity contribution in [2.75, 3.05) is 36.5 Å². The molecule has 2 aromatic heterocycles. The lowest BCUT2D eigenvalue weighted by Gasteiger charge is -2.38. The van der Waals surface area contributed by atoms with Crippen molar-refractivity contribution in [2.24, 2.45) is 5.92 Å². The van der Waals surface area contributed by atoms with E-state index in [0.717, 1.165) is 43.1 Å². The number of aryl methyl sites for hydroxylation is 1. The third-order valence-electron chi connectivity index (χ3n) is 5.05. The molecule has 0 amide bonds. The van der Waals surface area contributed by atoms with E-state index < -0.39 is 0 Å². The number of hydrogen-bond acceptors (Lipinski definition) is 7. The number of fused-ring (bicyclic) bond motifs is 1. The van der Waals surface area contributed by atoms with Crippen LogP contribution in [0.15, 0.2) is 24.7 Å². The zero-order valence-corrected chi connectivity index (χ0v) is 14.1. The number of aromatic nitrogens is 4. The van der Waals surface area contributed by atoms with Crippen LogP contribution in [0.1, 0.15) is 18.7 Å². The summed E-state index contributed by atoms with van der Waals surface area (Å²) in [5.41, 5.74) is 0. The lowest BCUT2D eigenvalue weighted by molar-refractivity contribution is 0.385. The molecule has 0 saturated carbocycles. The first-order valence-corrected chi connectivity index (χ1v) is 8.42. The van der Waals surface area contributed by atoms with Gasteiger partial charge in [-0.3, -0.25) is 0 Å². The molecule has 2 aliphatic heterocycles. The number of nitrogens with zero attached hydrogens (tertiary/aromatic N) is 6. The average Bonchev–Trinajstić information content (AvgIpc) is 3.05. The summed E-state index contributed by atoms with van der Waals surface area (Å²) in [6, 6.07) is 2.47. The minimum absolute atomic E-state index is 0.457. The number of methoxy groups -OCH3 is 1. The molecule has 2 atom stereocenters. The van der Waals surface area contributed by atoms with Crippen LogP contribution in [0.25, 0.3) is 0 Å². The quantitative estimate of drug-likeness (QED) is 0.850. The van der Waals surface area contributed by atoms with E-state index in [1.54, 1.807) is 19.5 Å². The van der Waals surface area contributed by atoms with Crippen LogP contribution in [-0.4, -0.2) is 52.7 Å². The van der Waals surface area contributed by atoms with Gasteiger partial charge >= 0.3 is 0 Å². The van der Waals surface area contributed by atoms with E-state index in [2.05, 4.69) is 29.7 Å². The summed E-state index contributed by atoms with van der Waals surface area (Å²) in [5.74, 6) is 4.04. The number of ether oxygens (including phenoxy) is 1. The second-order valence-electron chi connectivity index (χ2n) is 6.43. The van der Waals surface area contributed by atoms with Crippen molar-refractivity contribution in [3.8, 4) is 5.75 Å². The van der Waals surface area contributed by atoms with Gasteiger partial charge in [0.1, 0.15) is 11.6 Å². The van der Waals surface area contributed by atoms with Crippen LogP contribution in [0.4, 0.5) is 11.8 Å². The zero-order valence-electron chi connectivity index (χ0n) is 14.1. The Morgan fingerprint density at radius 2 is 1.92 bits per heavy atom. The van der Waals surface area contributed by atoms with Crippen molar-refractivity contribution in [1.29, 1.82) is 0 Å². The Hall–Kier alpha value is -2.44. The molecule has 2 fully saturated rings. The highest BCUT2D eigenvalue weighted by Crippen LogP contribution is 2.35. The van der Waals surface area contributed by atoms with Crippen LogP contribution in [-0.2, 0) is 0 Å². The third kappa shape index (κ3) is 2.74. The summed E-state index contributed by atoms with van der Waals surface area (Å²) >= 11 is 0. The fourth-order valence-electron chi connectivity index (χ4n) is 3.79. The Labute approximate surface area is 141 Å². The molecular formula is C17H22N6O. The van der Waals surface area contributed by atoms with Crippen molar-refractivity contribution in [3.05, 3.63) is 30.5 Å². The van der Waals surface area contributed by atoms with Gasteiger partial charge in [0.2, 0.25) is 5.95 Å². The average molecular weight is 326 g/mol. The molecule has 2 unspecified atom stereocenters. The standard InChI is InChI=1S/C17H22N6O/c1-12-18-6-3-16(21-12)23-8-5-13-4-7-22(11-15(13)23)17-19-9-14(24-2)10-20-17/h3,6,9-10,13,15H,4-5,7-8,11H2,1-2H3. The molecule has 2 saturated heterocycles. The summed E-state index contributed by atoms with van der Waals surface area (Å²) in [6.45, 7) is 4.93. The number of rotatable bonds is 3. The second-order valence-corrected chi connectivity index (χ2v) is 6.43. The van der Waals surface area contributed by atoms with Gasteiger partial charge in [0.25, 0.3) is 0 Å². The Balaban J connectivity index is 1.54. The van der Waals surface area contributed by atoms with E-state index in [9.17, 15) is 0 Å². The van der Waals surface area contributed by atoms with Crippen LogP contribution in [0, 0.1) is 12.8 Å². The minimum Gasteiger partial charge on any atom is -0.494 e. The predicted octanol–water partition coefficient (Wildman–Crippen LogP) is 1.69. The van der Waals surface area contributed by atoms with Gasteiger partial charge in [0.15, 0.2) is 5.75 Å². The van der Waals surface area contributed by atoms with Gasteiger partial charge in [-0.1, -0.05) is 0 Å². The van der Waals surface area contributed by atoms with Crippen molar-refractivity contribution >= 4 is 11.8 Å². The van der Waals surface area contributed by atoms with E-state index in [0.29, 0.717) is 11.8 Å². The van der Waals surface area contributed by atoms with E-state index in [1.807, 2.05) is 19.2 Å². The molecule has 4 heterocycles. The molecule has 7 nitrogen and oxygen atoms in total. The topological polar surface area (TPSA) is 67.3 Å². The number of anilines is 2. The summed E-state index contributed by atoms with van der Waals surface area (Å²) in [4.78, 5) is 22.4. The maximum atomic E-state index is 5.15. The number of piperidine rings is 1. The fraction of sp³-hybridized carbons (Fsp3) is 0.529. The fourth-order valence-corrected chi connectivity index (χ4v) is 3.79. The predicted molar refractivity (Wildman–Crippen MR) is 91.4 cm³/mol. The molecular weight excluding hydrogens is 304 g/mol. The van der Waals surface area contributed by atoms with Crippen LogP contribution in [0.3, 0.4) is 0 Å². The highest BCUT2D eigenvalue weighted by molar-refractivity contribution is 5.44. The van der Waals surface area contributed by atoms with Crippen LogP contribution >= 0.6 is 0 Å². The van der Waals surface area contributed by atoms with Crippen LogP contribution in [0.2, 0.25) is 0 Å². The minimum atomic E-state index is 0.457. The highest BCUT2D eigenvalue weighted by atomic mass is 16.5. The van der Waals surface area contributed by atoms with E-state index >= 15 is 0 Å². The lowest BCUT2D eigenvalue weighted by Crippen LogP contribution is -2.49. The maximum Gasteiger partial charge on any atom is 0.225 e. The molecule has 0 radical (unpaired) electrons. The largest absolute Gasteiger partial charge is 0.494 e. The summed E-state index contributed by atoms with van der Waals surface area (Å²) in [5, 5.41) is 0. The Kier molecular flexibility index (Phi) is 3.92. The highest BCUT2D eigenvalue weighted by Gasteiger charge is 2.39. The SMILES string of the molecule is COc1cnc(N2CCC3CCN(c4ccnc(C)n4)C3C2)nc1. The lowest BCUT2D eigenvalue weighted by atomic mass is 9.92. The van der Waals surface area contributed by atoms with Crippen molar-refractivity contribution < 1.29 is 4.74 Å². The Bertz CT molecular complexity index is 706. The maximum absolute atomic E-state index is 5.15. The molecule has 0 aromatic carbocycles. The summed E-state index contributed by atoms with van der Waals surface area (Å²) < 4.78 is 5.15. The first kappa shape index (κ1) is 15.1. The Morgan fingerprint density at radius 3 is 2.67 bits per heavy atom. The molecule has 2 aliphatic rings. The van der Waals surface area contributed by atoms with Gasteiger partial charge in [-0.2, -0.15) is 0 Å². The first-order chi connectivity index (χ1) is 11.7. The van der Waals surface area contributed by atoms with Gasteiger partial charge < -0.3 is 14.5 Å². The van der Waals surface area contributed by atoms with Gasteiger partial charge in [-0.15, -0.1) is 0 Å².